The number of nitrogen functional groups attached to an aromatic ring is 1. The summed E-state index contributed by atoms with van der Waals surface area (Å²) in [4.78, 5) is 15.6. The molecule has 102 valence electrons. The zero-order valence-corrected chi connectivity index (χ0v) is 11.7. The zero-order chi connectivity index (χ0) is 14.4. The largest absolute Gasteiger partial charge is 0.396 e. The molecule has 0 aliphatic carbocycles. The molecule has 0 spiro atoms. The minimum absolute atomic E-state index is 0.0502. The van der Waals surface area contributed by atoms with Gasteiger partial charge in [0.25, 0.3) is 0 Å². The molecule has 1 aromatic carbocycles. The number of amides is 1. The summed E-state index contributed by atoms with van der Waals surface area (Å²) in [5.74, 6) is 0.0502. The zero-order valence-electron chi connectivity index (χ0n) is 11.7. The van der Waals surface area contributed by atoms with Crippen LogP contribution < -0.4 is 10.6 Å². The van der Waals surface area contributed by atoms with Crippen LogP contribution in [0.15, 0.2) is 18.2 Å². The molecule has 0 aliphatic heterocycles. The number of carbonyl (C=O) groups is 1. The summed E-state index contributed by atoms with van der Waals surface area (Å²) >= 11 is 0. The third-order valence-electron chi connectivity index (χ3n) is 3.10. The molecule has 1 amide bonds. The number of nitrogens with zero attached hydrogens (tertiary/aromatic N) is 3. The molecule has 0 saturated heterocycles. The SMILES string of the molecule is CCN(CC)C(=O)CN(C)c1cccc(C#N)c1N. The third kappa shape index (κ3) is 3.38. The molecule has 0 fully saturated rings. The Morgan fingerprint density at radius 3 is 2.53 bits per heavy atom. The van der Waals surface area contributed by atoms with Crippen molar-refractivity contribution in [1.29, 1.82) is 5.26 Å². The van der Waals surface area contributed by atoms with Crippen molar-refractivity contribution in [3.63, 3.8) is 0 Å². The highest BCUT2D eigenvalue weighted by Crippen LogP contribution is 2.25. The van der Waals surface area contributed by atoms with E-state index in [-0.39, 0.29) is 12.5 Å². The summed E-state index contributed by atoms with van der Waals surface area (Å²) < 4.78 is 0. The summed E-state index contributed by atoms with van der Waals surface area (Å²) in [5, 5.41) is 8.95. The number of anilines is 2. The average molecular weight is 260 g/mol. The first-order chi connectivity index (χ1) is 9.04. The predicted octanol–water partition coefficient (Wildman–Crippen LogP) is 1.45. The third-order valence-corrected chi connectivity index (χ3v) is 3.10. The van der Waals surface area contributed by atoms with Crippen molar-refractivity contribution in [2.75, 3.05) is 37.3 Å². The highest BCUT2D eigenvalue weighted by Gasteiger charge is 2.15. The number of rotatable bonds is 5. The molecule has 2 N–H and O–H groups in total. The molecule has 19 heavy (non-hydrogen) atoms. The highest BCUT2D eigenvalue weighted by atomic mass is 16.2. The van der Waals surface area contributed by atoms with Crippen LogP contribution in [0.25, 0.3) is 0 Å². The van der Waals surface area contributed by atoms with E-state index in [0.717, 1.165) is 0 Å². The van der Waals surface area contributed by atoms with Crippen LogP contribution in [-0.4, -0.2) is 37.5 Å². The van der Waals surface area contributed by atoms with Gasteiger partial charge in [0.2, 0.25) is 5.91 Å². The maximum Gasteiger partial charge on any atom is 0.242 e. The highest BCUT2D eigenvalue weighted by molar-refractivity contribution is 5.84. The Morgan fingerprint density at radius 1 is 1.37 bits per heavy atom. The first-order valence-corrected chi connectivity index (χ1v) is 6.32. The lowest BCUT2D eigenvalue weighted by atomic mass is 10.1. The van der Waals surface area contributed by atoms with Gasteiger partial charge in [0.15, 0.2) is 0 Å². The molecule has 0 bridgehead atoms. The second kappa shape index (κ2) is 6.64. The Bertz CT molecular complexity index is 489. The van der Waals surface area contributed by atoms with Gasteiger partial charge in [0.1, 0.15) is 6.07 Å². The first kappa shape index (κ1) is 14.8. The Morgan fingerprint density at radius 2 is 2.00 bits per heavy atom. The molecule has 0 aliphatic rings. The minimum Gasteiger partial charge on any atom is -0.396 e. The maximum atomic E-state index is 12.0. The fraction of sp³-hybridized carbons (Fsp3) is 0.429. The van der Waals surface area contributed by atoms with E-state index in [9.17, 15) is 4.79 Å². The van der Waals surface area contributed by atoms with Crippen molar-refractivity contribution < 1.29 is 4.79 Å². The Labute approximate surface area is 114 Å². The van der Waals surface area contributed by atoms with Gasteiger partial charge in [-0.1, -0.05) is 6.07 Å². The number of nitrogens with two attached hydrogens (primary N) is 1. The summed E-state index contributed by atoms with van der Waals surface area (Å²) in [6.07, 6.45) is 0. The van der Waals surface area contributed by atoms with Crippen LogP contribution in [-0.2, 0) is 4.79 Å². The lowest BCUT2D eigenvalue weighted by molar-refractivity contribution is -0.129. The summed E-state index contributed by atoms with van der Waals surface area (Å²) in [5.41, 5.74) is 7.48. The van der Waals surface area contributed by atoms with Crippen molar-refractivity contribution in [1.82, 2.24) is 4.90 Å². The van der Waals surface area contributed by atoms with Crippen molar-refractivity contribution in [2.24, 2.45) is 0 Å². The summed E-state index contributed by atoms with van der Waals surface area (Å²) in [6, 6.07) is 7.29. The lowest BCUT2D eigenvalue weighted by Gasteiger charge is -2.25. The fourth-order valence-electron chi connectivity index (χ4n) is 1.95. The van der Waals surface area contributed by atoms with E-state index in [1.54, 1.807) is 29.0 Å². The Hall–Kier alpha value is -2.22. The van der Waals surface area contributed by atoms with Crippen LogP contribution in [0.4, 0.5) is 11.4 Å². The van der Waals surface area contributed by atoms with Crippen molar-refractivity contribution in [3.8, 4) is 6.07 Å². The minimum atomic E-state index is 0.0502. The number of hydrogen-bond donors (Lipinski definition) is 1. The van der Waals surface area contributed by atoms with Gasteiger partial charge >= 0.3 is 0 Å². The van der Waals surface area contributed by atoms with Gasteiger partial charge in [-0.25, -0.2) is 0 Å². The molecule has 0 saturated carbocycles. The van der Waals surface area contributed by atoms with Gasteiger partial charge in [-0.05, 0) is 26.0 Å². The van der Waals surface area contributed by atoms with E-state index in [1.165, 1.54) is 0 Å². The van der Waals surface area contributed by atoms with Crippen LogP contribution in [0.1, 0.15) is 19.4 Å². The van der Waals surface area contributed by atoms with Gasteiger partial charge in [0, 0.05) is 20.1 Å². The summed E-state index contributed by atoms with van der Waals surface area (Å²) in [6.45, 7) is 5.53. The van der Waals surface area contributed by atoms with Gasteiger partial charge in [-0.2, -0.15) is 5.26 Å². The van der Waals surface area contributed by atoms with Crippen LogP contribution in [0.2, 0.25) is 0 Å². The number of hydrogen-bond acceptors (Lipinski definition) is 4. The monoisotopic (exact) mass is 260 g/mol. The van der Waals surface area contributed by atoms with E-state index in [4.69, 9.17) is 11.0 Å². The molecule has 0 aromatic heterocycles. The fourth-order valence-corrected chi connectivity index (χ4v) is 1.95. The van der Waals surface area contributed by atoms with Gasteiger partial charge in [0.05, 0.1) is 23.5 Å². The van der Waals surface area contributed by atoms with E-state index in [2.05, 4.69) is 0 Å². The molecule has 0 unspecified atom stereocenters. The van der Waals surface area contributed by atoms with Gasteiger partial charge in [-0.15, -0.1) is 0 Å². The second-order valence-electron chi connectivity index (χ2n) is 4.27. The molecule has 0 radical (unpaired) electrons. The predicted molar refractivity (Wildman–Crippen MR) is 76.8 cm³/mol. The number of benzene rings is 1. The lowest BCUT2D eigenvalue weighted by Crippen LogP contribution is -2.39. The van der Waals surface area contributed by atoms with Crippen LogP contribution in [0.5, 0.6) is 0 Å². The van der Waals surface area contributed by atoms with Crippen LogP contribution in [0.3, 0.4) is 0 Å². The topological polar surface area (TPSA) is 73.4 Å². The van der Waals surface area contributed by atoms with E-state index in [0.29, 0.717) is 30.0 Å². The number of likely N-dealkylation sites (N-methyl/N-ethyl adjacent to an activating group) is 2. The van der Waals surface area contributed by atoms with E-state index in [1.807, 2.05) is 26.0 Å². The van der Waals surface area contributed by atoms with Crippen molar-refractivity contribution in [2.45, 2.75) is 13.8 Å². The first-order valence-electron chi connectivity index (χ1n) is 6.32. The maximum absolute atomic E-state index is 12.0. The quantitative estimate of drug-likeness (QED) is 0.813. The van der Waals surface area contributed by atoms with Crippen LogP contribution >= 0.6 is 0 Å². The van der Waals surface area contributed by atoms with Crippen LogP contribution in [0, 0.1) is 11.3 Å². The average Bonchev–Trinajstić information content (AvgIpc) is 2.40. The normalized spacial score (nSPS) is 9.79. The van der Waals surface area contributed by atoms with E-state index >= 15 is 0 Å². The van der Waals surface area contributed by atoms with Gasteiger partial charge in [-0.3, -0.25) is 4.79 Å². The standard InChI is InChI=1S/C14H20N4O/c1-4-18(5-2)13(19)10-17(3)12-8-6-7-11(9-15)14(12)16/h6-8H,4-5,10,16H2,1-3H3. The second-order valence-corrected chi connectivity index (χ2v) is 4.27. The van der Waals surface area contributed by atoms with E-state index < -0.39 is 0 Å². The summed E-state index contributed by atoms with van der Waals surface area (Å²) in [7, 11) is 1.80. The molecule has 5 heteroatoms. The van der Waals surface area contributed by atoms with Crippen molar-refractivity contribution in [3.05, 3.63) is 23.8 Å². The molecular weight excluding hydrogens is 240 g/mol. The molecule has 5 nitrogen and oxygen atoms in total. The van der Waals surface area contributed by atoms with Crippen molar-refractivity contribution >= 4 is 17.3 Å². The smallest absolute Gasteiger partial charge is 0.242 e. The molecule has 1 rings (SSSR count). The Kier molecular flexibility index (Phi) is 5.19. The van der Waals surface area contributed by atoms with Gasteiger partial charge < -0.3 is 15.5 Å². The molecule has 0 atom stereocenters. The molecular formula is C14H20N4O. The number of para-hydroxylation sites is 1. The molecule has 0 heterocycles. The number of nitriles is 1. The number of carbonyl (C=O) groups excluding carboxylic acids is 1. The molecule has 1 aromatic rings. The Balaban J connectivity index is 2.88.